The van der Waals surface area contributed by atoms with Gasteiger partial charge in [-0.05, 0) is 31.7 Å². The molecule has 15 heavy (non-hydrogen) atoms. The first kappa shape index (κ1) is 9.83. The van der Waals surface area contributed by atoms with Crippen molar-refractivity contribution >= 4 is 5.78 Å². The Bertz CT molecular complexity index is 276. The number of likely N-dealkylation sites (tertiary alicyclic amines) is 1. The molecule has 0 bridgehead atoms. The van der Waals surface area contributed by atoms with Gasteiger partial charge in [0.25, 0.3) is 0 Å². The smallest absolute Gasteiger partial charge is 0.151 e. The molecule has 0 amide bonds. The number of fused-ring (bicyclic) bond motifs is 2. The van der Waals surface area contributed by atoms with Crippen molar-refractivity contribution in [3.63, 3.8) is 0 Å². The normalized spacial score (nSPS) is 46.3. The fourth-order valence-electron chi connectivity index (χ4n) is 4.18. The molecular formula is C13H21NO. The molecule has 3 aliphatic rings. The Morgan fingerprint density at radius 2 is 1.80 bits per heavy atom. The molecule has 2 aliphatic carbocycles. The average molecular weight is 207 g/mol. The van der Waals surface area contributed by atoms with Gasteiger partial charge in [0.1, 0.15) is 0 Å². The number of hydrogen-bond donors (Lipinski definition) is 0. The van der Waals surface area contributed by atoms with Crippen molar-refractivity contribution in [2.24, 2.45) is 17.8 Å². The largest absolute Gasteiger partial charge is 0.298 e. The highest BCUT2D eigenvalue weighted by molar-refractivity contribution is 5.86. The van der Waals surface area contributed by atoms with E-state index in [0.717, 1.165) is 18.4 Å². The van der Waals surface area contributed by atoms with Crippen LogP contribution in [0.2, 0.25) is 0 Å². The monoisotopic (exact) mass is 207 g/mol. The molecule has 3 rings (SSSR count). The summed E-state index contributed by atoms with van der Waals surface area (Å²) in [6, 6.07) is 0.594. The number of rotatable bonds is 0. The zero-order valence-corrected chi connectivity index (χ0v) is 9.61. The van der Waals surface area contributed by atoms with E-state index >= 15 is 0 Å². The van der Waals surface area contributed by atoms with Crippen LogP contribution in [0.5, 0.6) is 0 Å². The van der Waals surface area contributed by atoms with Crippen molar-refractivity contribution in [1.82, 2.24) is 4.90 Å². The SMILES string of the molecule is CN1CC(=O)C2CC3CCCCC3CC21. The summed E-state index contributed by atoms with van der Waals surface area (Å²) in [6.07, 6.45) is 8.16. The maximum Gasteiger partial charge on any atom is 0.151 e. The minimum Gasteiger partial charge on any atom is -0.298 e. The lowest BCUT2D eigenvalue weighted by Gasteiger charge is -2.42. The van der Waals surface area contributed by atoms with Gasteiger partial charge in [0.05, 0.1) is 6.54 Å². The second-order valence-electron chi connectivity index (χ2n) is 5.83. The molecule has 0 aromatic carbocycles. The Kier molecular flexibility index (Phi) is 2.35. The molecule has 84 valence electrons. The molecule has 3 fully saturated rings. The standard InChI is InChI=1S/C13H21NO/c1-14-8-13(15)11-6-9-4-2-3-5-10(9)7-12(11)14/h9-12H,2-8H2,1H3. The molecule has 0 N–H and O–H groups in total. The van der Waals surface area contributed by atoms with Crippen LogP contribution < -0.4 is 0 Å². The van der Waals surface area contributed by atoms with Crippen LogP contribution in [0.4, 0.5) is 0 Å². The highest BCUT2D eigenvalue weighted by Crippen LogP contribution is 2.46. The van der Waals surface area contributed by atoms with Crippen molar-refractivity contribution in [2.45, 2.75) is 44.6 Å². The molecule has 1 heterocycles. The number of hydrogen-bond acceptors (Lipinski definition) is 2. The van der Waals surface area contributed by atoms with Gasteiger partial charge >= 0.3 is 0 Å². The molecule has 2 saturated carbocycles. The zero-order valence-electron chi connectivity index (χ0n) is 9.61. The van der Waals surface area contributed by atoms with Crippen LogP contribution in [-0.4, -0.2) is 30.3 Å². The third kappa shape index (κ3) is 1.54. The van der Waals surface area contributed by atoms with E-state index in [1.807, 2.05) is 0 Å². The first-order valence-electron chi connectivity index (χ1n) is 6.48. The van der Waals surface area contributed by atoms with Gasteiger partial charge < -0.3 is 0 Å². The van der Waals surface area contributed by atoms with Crippen LogP contribution in [0.15, 0.2) is 0 Å². The summed E-state index contributed by atoms with van der Waals surface area (Å²) >= 11 is 0. The summed E-state index contributed by atoms with van der Waals surface area (Å²) in [5.74, 6) is 2.74. The van der Waals surface area contributed by atoms with Crippen molar-refractivity contribution in [1.29, 1.82) is 0 Å². The van der Waals surface area contributed by atoms with E-state index < -0.39 is 0 Å². The van der Waals surface area contributed by atoms with Crippen molar-refractivity contribution in [3.8, 4) is 0 Å². The van der Waals surface area contributed by atoms with Gasteiger partial charge in [0.2, 0.25) is 0 Å². The first-order valence-corrected chi connectivity index (χ1v) is 6.48. The summed E-state index contributed by atoms with van der Waals surface area (Å²) < 4.78 is 0. The molecule has 4 atom stereocenters. The van der Waals surface area contributed by atoms with Gasteiger partial charge in [-0.2, -0.15) is 0 Å². The fraction of sp³-hybridized carbons (Fsp3) is 0.923. The van der Waals surface area contributed by atoms with Gasteiger partial charge in [-0.15, -0.1) is 0 Å². The molecule has 2 nitrogen and oxygen atoms in total. The van der Waals surface area contributed by atoms with Crippen molar-refractivity contribution in [2.75, 3.05) is 13.6 Å². The van der Waals surface area contributed by atoms with E-state index in [0.29, 0.717) is 17.7 Å². The van der Waals surface area contributed by atoms with E-state index in [4.69, 9.17) is 0 Å². The van der Waals surface area contributed by atoms with Gasteiger partial charge in [-0.3, -0.25) is 9.69 Å². The summed E-state index contributed by atoms with van der Waals surface area (Å²) in [6.45, 7) is 0.717. The van der Waals surface area contributed by atoms with Gasteiger partial charge in [-0.1, -0.05) is 25.7 Å². The maximum atomic E-state index is 11.9. The van der Waals surface area contributed by atoms with Gasteiger partial charge in [0, 0.05) is 12.0 Å². The average Bonchev–Trinajstić information content (AvgIpc) is 2.52. The molecule has 0 aromatic rings. The molecule has 0 radical (unpaired) electrons. The lowest BCUT2D eigenvalue weighted by molar-refractivity contribution is -0.121. The topological polar surface area (TPSA) is 20.3 Å². The number of likely N-dealkylation sites (N-methyl/N-ethyl adjacent to an activating group) is 1. The van der Waals surface area contributed by atoms with E-state index in [-0.39, 0.29) is 0 Å². The lowest BCUT2D eigenvalue weighted by Crippen LogP contribution is -2.40. The second-order valence-corrected chi connectivity index (χ2v) is 5.83. The Balaban J connectivity index is 1.78. The Morgan fingerprint density at radius 1 is 1.13 bits per heavy atom. The summed E-state index contributed by atoms with van der Waals surface area (Å²) in [4.78, 5) is 14.2. The number of carbonyl (C=O) groups is 1. The molecule has 2 heteroatoms. The molecule has 1 aliphatic heterocycles. The van der Waals surface area contributed by atoms with E-state index in [9.17, 15) is 4.79 Å². The van der Waals surface area contributed by atoms with Crippen LogP contribution in [0, 0.1) is 17.8 Å². The Labute approximate surface area is 92.0 Å². The molecule has 0 spiro atoms. The third-order valence-electron chi connectivity index (χ3n) is 5.02. The summed E-state index contributed by atoms with van der Waals surface area (Å²) in [5.41, 5.74) is 0. The van der Waals surface area contributed by atoms with Crippen LogP contribution in [0.3, 0.4) is 0 Å². The fourth-order valence-corrected chi connectivity index (χ4v) is 4.18. The molecular weight excluding hydrogens is 186 g/mol. The molecule has 0 aromatic heterocycles. The minimum atomic E-state index is 0.398. The molecule has 4 unspecified atom stereocenters. The van der Waals surface area contributed by atoms with E-state index in [1.165, 1.54) is 38.5 Å². The van der Waals surface area contributed by atoms with Crippen LogP contribution in [0.1, 0.15) is 38.5 Å². The number of Topliss-reactive ketones (excluding diaryl/α,β-unsaturated/α-hetero) is 1. The first-order chi connectivity index (χ1) is 7.25. The van der Waals surface area contributed by atoms with E-state index in [2.05, 4.69) is 11.9 Å². The second kappa shape index (κ2) is 3.58. The minimum absolute atomic E-state index is 0.398. The molecule has 1 saturated heterocycles. The van der Waals surface area contributed by atoms with Crippen LogP contribution >= 0.6 is 0 Å². The highest BCUT2D eigenvalue weighted by atomic mass is 16.1. The van der Waals surface area contributed by atoms with E-state index in [1.54, 1.807) is 0 Å². The van der Waals surface area contributed by atoms with Crippen molar-refractivity contribution < 1.29 is 4.79 Å². The Hall–Kier alpha value is -0.370. The van der Waals surface area contributed by atoms with Crippen LogP contribution in [-0.2, 0) is 4.79 Å². The Morgan fingerprint density at radius 3 is 2.53 bits per heavy atom. The van der Waals surface area contributed by atoms with Crippen molar-refractivity contribution in [3.05, 3.63) is 0 Å². The third-order valence-corrected chi connectivity index (χ3v) is 5.02. The number of carbonyl (C=O) groups excluding carboxylic acids is 1. The number of ketones is 1. The van der Waals surface area contributed by atoms with Crippen LogP contribution in [0.25, 0.3) is 0 Å². The summed E-state index contributed by atoms with van der Waals surface area (Å²) in [7, 11) is 2.13. The van der Waals surface area contributed by atoms with Gasteiger partial charge in [-0.25, -0.2) is 0 Å². The predicted octanol–water partition coefficient (Wildman–Crippen LogP) is 2.09. The van der Waals surface area contributed by atoms with Gasteiger partial charge in [0.15, 0.2) is 5.78 Å². The summed E-state index contributed by atoms with van der Waals surface area (Å²) in [5, 5.41) is 0. The number of nitrogens with zero attached hydrogens (tertiary/aromatic N) is 1. The highest BCUT2D eigenvalue weighted by Gasteiger charge is 2.46. The quantitative estimate of drug-likeness (QED) is 0.606. The maximum absolute atomic E-state index is 11.9. The lowest BCUT2D eigenvalue weighted by atomic mass is 9.65. The predicted molar refractivity (Wildman–Crippen MR) is 59.6 cm³/mol. The zero-order chi connectivity index (χ0) is 10.4.